The van der Waals surface area contributed by atoms with Crippen LogP contribution in [0.5, 0.6) is 5.75 Å². The number of carbonyl (C=O) groups is 1. The van der Waals surface area contributed by atoms with Crippen LogP contribution >= 0.6 is 0 Å². The summed E-state index contributed by atoms with van der Waals surface area (Å²) in [5, 5.41) is 10.5. The molecule has 1 atom stereocenters. The van der Waals surface area contributed by atoms with Gasteiger partial charge in [0.15, 0.2) is 0 Å². The number of benzene rings is 2. The fourth-order valence-corrected chi connectivity index (χ4v) is 4.02. The summed E-state index contributed by atoms with van der Waals surface area (Å²) < 4.78 is 33.0. The Balaban J connectivity index is 1.61. The number of nitrogens with zero attached hydrogens (tertiary/aromatic N) is 3. The van der Waals surface area contributed by atoms with E-state index in [0.717, 1.165) is 6.07 Å². The number of phenols is 1. The zero-order chi connectivity index (χ0) is 24.4. The van der Waals surface area contributed by atoms with Gasteiger partial charge in [0.1, 0.15) is 23.2 Å². The minimum atomic E-state index is -0.708. The van der Waals surface area contributed by atoms with E-state index in [1.54, 1.807) is 36.2 Å². The summed E-state index contributed by atoms with van der Waals surface area (Å²) in [6, 6.07) is 10.8. The fraction of sp³-hybridized carbons (Fsp3) is 0.250. The molecule has 2 aromatic carbocycles. The highest BCUT2D eigenvalue weighted by Gasteiger charge is 2.27. The number of urea groups is 1. The Morgan fingerprint density at radius 2 is 2.03 bits per heavy atom. The van der Waals surface area contributed by atoms with E-state index < -0.39 is 17.7 Å². The van der Waals surface area contributed by atoms with Crippen LogP contribution in [0.1, 0.15) is 5.56 Å². The normalized spacial score (nSPS) is 15.9. The number of halogens is 2. The van der Waals surface area contributed by atoms with Crippen LogP contribution in [-0.2, 0) is 11.2 Å². The topological polar surface area (TPSA) is 118 Å². The van der Waals surface area contributed by atoms with Crippen LogP contribution in [0.25, 0.3) is 11.3 Å². The summed E-state index contributed by atoms with van der Waals surface area (Å²) in [4.78, 5) is 19.2. The van der Waals surface area contributed by atoms with Gasteiger partial charge in [0, 0.05) is 30.9 Å². The zero-order valence-corrected chi connectivity index (χ0v) is 18.5. The molecule has 1 unspecified atom stereocenters. The minimum Gasteiger partial charge on any atom is -0.507 e. The Hall–Kier alpha value is -3.92. The van der Waals surface area contributed by atoms with Gasteiger partial charge in [0.05, 0.1) is 30.6 Å². The van der Waals surface area contributed by atoms with Gasteiger partial charge < -0.3 is 31.1 Å². The highest BCUT2D eigenvalue weighted by atomic mass is 19.1. The number of morpholine rings is 1. The van der Waals surface area contributed by atoms with Crippen molar-refractivity contribution in [2.75, 3.05) is 37.4 Å². The van der Waals surface area contributed by atoms with Crippen LogP contribution < -0.4 is 16.4 Å². The summed E-state index contributed by atoms with van der Waals surface area (Å²) >= 11 is 0. The van der Waals surface area contributed by atoms with Crippen LogP contribution in [0.15, 0.2) is 48.5 Å². The molecule has 0 bridgehead atoms. The average Bonchev–Trinajstić information content (AvgIpc) is 2.80. The number of aromatic nitrogens is 1. The van der Waals surface area contributed by atoms with Crippen LogP contribution in [0.2, 0.25) is 0 Å². The Bertz CT molecular complexity index is 1220. The lowest BCUT2D eigenvalue weighted by atomic mass is 10.0. The van der Waals surface area contributed by atoms with Crippen molar-refractivity contribution in [2.24, 2.45) is 5.73 Å². The molecule has 0 aliphatic carbocycles. The number of phenolic OH excluding ortho intramolecular Hbond substituents is 1. The number of hydrogen-bond donors (Lipinski definition) is 3. The second kappa shape index (κ2) is 9.52. The maximum Gasteiger partial charge on any atom is 0.315 e. The van der Waals surface area contributed by atoms with Gasteiger partial charge >= 0.3 is 6.03 Å². The molecule has 0 saturated carbocycles. The molecule has 1 saturated heterocycles. The first-order valence-corrected chi connectivity index (χ1v) is 10.7. The van der Waals surface area contributed by atoms with Crippen molar-refractivity contribution in [2.45, 2.75) is 12.5 Å². The maximum absolute atomic E-state index is 14.3. The number of carbonyl (C=O) groups excluding carboxylic acids is 1. The molecule has 3 aromatic rings. The quantitative estimate of drug-likeness (QED) is 0.527. The van der Waals surface area contributed by atoms with Gasteiger partial charge in [0.25, 0.3) is 0 Å². The van der Waals surface area contributed by atoms with Gasteiger partial charge in [-0.05, 0) is 48.4 Å². The number of anilines is 3. The van der Waals surface area contributed by atoms with E-state index in [1.165, 1.54) is 23.1 Å². The first kappa shape index (κ1) is 23.2. The molecule has 8 nitrogen and oxygen atoms in total. The lowest BCUT2D eigenvalue weighted by molar-refractivity contribution is 0.0148. The van der Waals surface area contributed by atoms with E-state index in [0.29, 0.717) is 48.7 Å². The summed E-state index contributed by atoms with van der Waals surface area (Å²) in [7, 11) is 1.63. The number of nitrogens with two attached hydrogens (primary N) is 2. The molecule has 2 amide bonds. The van der Waals surface area contributed by atoms with Crippen molar-refractivity contribution in [3.8, 4) is 17.0 Å². The van der Waals surface area contributed by atoms with Crippen molar-refractivity contribution in [1.82, 2.24) is 9.88 Å². The third kappa shape index (κ3) is 4.72. The molecule has 0 spiro atoms. The highest BCUT2D eigenvalue weighted by molar-refractivity contribution is 5.76. The molecular formula is C24H25F2N5O3. The Morgan fingerprint density at radius 1 is 1.24 bits per heavy atom. The Labute approximate surface area is 195 Å². The number of nitrogen functional groups attached to an aromatic ring is 1. The number of aromatic hydroxyl groups is 1. The number of primary amides is 1. The van der Waals surface area contributed by atoms with Crippen molar-refractivity contribution in [3.05, 3.63) is 65.7 Å². The molecule has 1 aliphatic heterocycles. The molecule has 2 heterocycles. The van der Waals surface area contributed by atoms with Crippen molar-refractivity contribution in [3.63, 3.8) is 0 Å². The van der Waals surface area contributed by atoms with E-state index in [1.807, 2.05) is 0 Å². The third-order valence-electron chi connectivity index (χ3n) is 5.89. The highest BCUT2D eigenvalue weighted by Crippen LogP contribution is 2.35. The molecule has 4 rings (SSSR count). The Morgan fingerprint density at radius 3 is 2.74 bits per heavy atom. The van der Waals surface area contributed by atoms with Crippen molar-refractivity contribution in [1.29, 1.82) is 0 Å². The lowest BCUT2D eigenvalue weighted by Gasteiger charge is -2.34. The molecule has 0 radical (unpaired) electrons. The summed E-state index contributed by atoms with van der Waals surface area (Å²) in [6.07, 6.45) is 0.417. The van der Waals surface area contributed by atoms with E-state index in [-0.39, 0.29) is 23.3 Å². The Kier molecular flexibility index (Phi) is 6.51. The number of pyridine rings is 1. The van der Waals surface area contributed by atoms with Crippen LogP contribution in [-0.4, -0.2) is 53.9 Å². The number of hydrogen-bond acceptors (Lipinski definition) is 6. The molecular weight excluding hydrogens is 444 g/mol. The average molecular weight is 469 g/mol. The second-order valence-electron chi connectivity index (χ2n) is 8.06. The maximum atomic E-state index is 14.3. The standard InChI is InChI=1S/C24H25F2N5O3/c1-30(21-6-3-15(25)11-19(21)26)16-4-7-22(32)18(12-16)20-5-2-14(23(27)29-20)10-17-13-34-9-8-31(17)24(28)33/h2-7,11-12,17,32H,8-10,13H2,1H3,(H2,27,29)(H2,28,33). The van der Waals surface area contributed by atoms with Crippen molar-refractivity contribution < 1.29 is 23.4 Å². The first-order chi connectivity index (χ1) is 16.2. The first-order valence-electron chi connectivity index (χ1n) is 10.7. The number of ether oxygens (including phenoxy) is 1. The van der Waals surface area contributed by atoms with Gasteiger partial charge in [-0.1, -0.05) is 6.07 Å². The lowest BCUT2D eigenvalue weighted by Crippen LogP contribution is -2.51. The molecule has 1 fully saturated rings. The summed E-state index contributed by atoms with van der Waals surface area (Å²) in [5.41, 5.74) is 13.9. The van der Waals surface area contributed by atoms with Crippen LogP contribution in [0.3, 0.4) is 0 Å². The molecule has 10 heteroatoms. The summed E-state index contributed by atoms with van der Waals surface area (Å²) in [6.45, 7) is 1.19. The van der Waals surface area contributed by atoms with E-state index >= 15 is 0 Å². The molecule has 5 N–H and O–H groups in total. The zero-order valence-electron chi connectivity index (χ0n) is 18.5. The molecule has 178 valence electrons. The monoisotopic (exact) mass is 469 g/mol. The van der Waals surface area contributed by atoms with Gasteiger partial charge in [-0.25, -0.2) is 18.6 Å². The largest absolute Gasteiger partial charge is 0.507 e. The van der Waals surface area contributed by atoms with Gasteiger partial charge in [-0.15, -0.1) is 0 Å². The fourth-order valence-electron chi connectivity index (χ4n) is 4.02. The van der Waals surface area contributed by atoms with E-state index in [9.17, 15) is 18.7 Å². The van der Waals surface area contributed by atoms with E-state index in [2.05, 4.69) is 4.98 Å². The number of amides is 2. The molecule has 34 heavy (non-hydrogen) atoms. The van der Waals surface area contributed by atoms with Gasteiger partial charge in [0.2, 0.25) is 0 Å². The predicted octanol–water partition coefficient (Wildman–Crippen LogP) is 3.40. The van der Waals surface area contributed by atoms with E-state index in [4.69, 9.17) is 16.2 Å². The smallest absolute Gasteiger partial charge is 0.315 e. The van der Waals surface area contributed by atoms with Gasteiger partial charge in [-0.2, -0.15) is 0 Å². The SMILES string of the molecule is CN(c1ccc(O)c(-c2ccc(CC3COCCN3C(N)=O)c(N)n2)c1)c1ccc(F)cc1F. The minimum absolute atomic E-state index is 0.0306. The predicted molar refractivity (Wildman–Crippen MR) is 125 cm³/mol. The molecule has 1 aliphatic rings. The second-order valence-corrected chi connectivity index (χ2v) is 8.06. The summed E-state index contributed by atoms with van der Waals surface area (Å²) in [5.74, 6) is -1.16. The van der Waals surface area contributed by atoms with Gasteiger partial charge in [-0.3, -0.25) is 0 Å². The van der Waals surface area contributed by atoms with Crippen LogP contribution in [0.4, 0.5) is 30.8 Å². The third-order valence-corrected chi connectivity index (χ3v) is 5.89. The van der Waals surface area contributed by atoms with Crippen molar-refractivity contribution >= 4 is 23.2 Å². The molecule has 1 aromatic heterocycles. The van der Waals surface area contributed by atoms with Crippen LogP contribution in [0, 0.1) is 11.6 Å². The number of rotatable bonds is 5.